The molecule has 0 aliphatic rings. The zero-order valence-corrected chi connectivity index (χ0v) is 13.0. The molecule has 1 atom stereocenters. The van der Waals surface area contributed by atoms with Crippen molar-refractivity contribution in [3.8, 4) is 0 Å². The number of nitrogens with two attached hydrogens (primary N) is 1. The number of nitrogens with one attached hydrogen (secondary N) is 1. The van der Waals surface area contributed by atoms with Crippen LogP contribution < -0.4 is 11.1 Å². The molecular formula is C12H18BrN3OS. The molecule has 1 aromatic rings. The van der Waals surface area contributed by atoms with E-state index in [0.29, 0.717) is 0 Å². The van der Waals surface area contributed by atoms with Crippen molar-refractivity contribution in [3.05, 3.63) is 22.8 Å². The first-order valence-electron chi connectivity index (χ1n) is 5.72. The van der Waals surface area contributed by atoms with Gasteiger partial charge in [0, 0.05) is 10.7 Å². The van der Waals surface area contributed by atoms with Crippen LogP contribution in [0, 0.1) is 0 Å². The van der Waals surface area contributed by atoms with E-state index in [1.807, 2.05) is 19.1 Å². The standard InChI is InChI=1S/C12H18BrN3OS/c1-12(15-2,11(14)17)6-4-8-18-10-9(13)5-3-7-16-10/h3,5,7,15H,4,6,8H2,1-2H3,(H2,14,17). The van der Waals surface area contributed by atoms with E-state index in [-0.39, 0.29) is 5.91 Å². The second kappa shape index (κ2) is 7.11. The predicted octanol–water partition coefficient (Wildman–Crippen LogP) is 2.18. The fourth-order valence-electron chi connectivity index (χ4n) is 1.44. The van der Waals surface area contributed by atoms with Gasteiger partial charge in [0.05, 0.1) is 5.54 Å². The molecule has 1 amide bonds. The number of halogens is 1. The van der Waals surface area contributed by atoms with Crippen molar-refractivity contribution in [2.24, 2.45) is 5.73 Å². The van der Waals surface area contributed by atoms with Crippen LogP contribution in [0.2, 0.25) is 0 Å². The van der Waals surface area contributed by atoms with Gasteiger partial charge in [-0.3, -0.25) is 4.79 Å². The van der Waals surface area contributed by atoms with Gasteiger partial charge in [0.15, 0.2) is 0 Å². The lowest BCUT2D eigenvalue weighted by Crippen LogP contribution is -2.51. The maximum atomic E-state index is 11.3. The first kappa shape index (κ1) is 15.5. The summed E-state index contributed by atoms with van der Waals surface area (Å²) in [5.41, 5.74) is 4.75. The second-order valence-corrected chi connectivity index (χ2v) is 6.13. The molecule has 0 saturated carbocycles. The van der Waals surface area contributed by atoms with Crippen LogP contribution in [-0.2, 0) is 4.79 Å². The van der Waals surface area contributed by atoms with Crippen LogP contribution in [0.3, 0.4) is 0 Å². The van der Waals surface area contributed by atoms with Gasteiger partial charge in [-0.15, -0.1) is 11.8 Å². The van der Waals surface area contributed by atoms with Gasteiger partial charge in [-0.05, 0) is 60.6 Å². The van der Waals surface area contributed by atoms with E-state index >= 15 is 0 Å². The quantitative estimate of drug-likeness (QED) is 0.593. The third-order valence-electron chi connectivity index (χ3n) is 2.88. The number of amides is 1. The monoisotopic (exact) mass is 331 g/mol. The van der Waals surface area contributed by atoms with Crippen LogP contribution in [0.25, 0.3) is 0 Å². The third-order valence-corrected chi connectivity index (χ3v) is 4.87. The van der Waals surface area contributed by atoms with Crippen molar-refractivity contribution < 1.29 is 4.79 Å². The Labute approximate surface area is 120 Å². The normalized spacial score (nSPS) is 14.2. The Bertz CT molecular complexity index is 416. The lowest BCUT2D eigenvalue weighted by Gasteiger charge is -2.25. The molecule has 0 spiro atoms. The van der Waals surface area contributed by atoms with Gasteiger partial charge in [0.25, 0.3) is 0 Å². The first-order valence-corrected chi connectivity index (χ1v) is 7.49. The Hall–Kier alpha value is -0.590. The number of pyridine rings is 1. The van der Waals surface area contributed by atoms with E-state index in [1.54, 1.807) is 25.0 Å². The minimum absolute atomic E-state index is 0.311. The van der Waals surface area contributed by atoms with Crippen LogP contribution in [0.15, 0.2) is 27.8 Å². The molecule has 6 heteroatoms. The van der Waals surface area contributed by atoms with Crippen molar-refractivity contribution in [2.75, 3.05) is 12.8 Å². The highest BCUT2D eigenvalue weighted by atomic mass is 79.9. The average molecular weight is 332 g/mol. The first-order chi connectivity index (χ1) is 8.49. The topological polar surface area (TPSA) is 68.0 Å². The van der Waals surface area contributed by atoms with E-state index in [1.165, 1.54) is 0 Å². The lowest BCUT2D eigenvalue weighted by molar-refractivity contribution is -0.123. The summed E-state index contributed by atoms with van der Waals surface area (Å²) in [6.45, 7) is 1.83. The van der Waals surface area contributed by atoms with E-state index in [4.69, 9.17) is 5.73 Å². The molecule has 0 fully saturated rings. The summed E-state index contributed by atoms with van der Waals surface area (Å²) in [6.07, 6.45) is 3.39. The van der Waals surface area contributed by atoms with Gasteiger partial charge in [-0.2, -0.15) is 0 Å². The summed E-state index contributed by atoms with van der Waals surface area (Å²) in [4.78, 5) is 15.6. The molecule has 0 radical (unpaired) electrons. The van der Waals surface area contributed by atoms with E-state index < -0.39 is 5.54 Å². The fourth-order valence-corrected chi connectivity index (χ4v) is 2.87. The van der Waals surface area contributed by atoms with Crippen LogP contribution in [-0.4, -0.2) is 29.2 Å². The van der Waals surface area contributed by atoms with Crippen molar-refractivity contribution in [1.82, 2.24) is 10.3 Å². The number of primary amides is 1. The molecule has 1 unspecified atom stereocenters. The number of carbonyl (C=O) groups is 1. The Kier molecular flexibility index (Phi) is 6.11. The van der Waals surface area contributed by atoms with Gasteiger partial charge < -0.3 is 11.1 Å². The summed E-state index contributed by atoms with van der Waals surface area (Å²) in [7, 11) is 1.76. The number of nitrogens with zero attached hydrogens (tertiary/aromatic N) is 1. The van der Waals surface area contributed by atoms with Crippen molar-refractivity contribution in [2.45, 2.75) is 30.3 Å². The molecule has 0 aromatic carbocycles. The zero-order chi connectivity index (χ0) is 13.6. The molecule has 0 aliphatic heterocycles. The molecule has 4 nitrogen and oxygen atoms in total. The third kappa shape index (κ3) is 4.26. The molecule has 3 N–H and O–H groups in total. The fraction of sp³-hybridized carbons (Fsp3) is 0.500. The highest BCUT2D eigenvalue weighted by Crippen LogP contribution is 2.26. The predicted molar refractivity (Wildman–Crippen MR) is 78.6 cm³/mol. The zero-order valence-electron chi connectivity index (χ0n) is 10.6. The molecule has 0 bridgehead atoms. The SMILES string of the molecule is CNC(C)(CCCSc1ncccc1Br)C(N)=O. The summed E-state index contributed by atoms with van der Waals surface area (Å²) in [5.74, 6) is 0.592. The molecule has 0 saturated heterocycles. The number of thioether (sulfide) groups is 1. The number of carbonyl (C=O) groups excluding carboxylic acids is 1. The molecule has 1 heterocycles. The van der Waals surface area contributed by atoms with Crippen LogP contribution in [0.1, 0.15) is 19.8 Å². The largest absolute Gasteiger partial charge is 0.368 e. The maximum absolute atomic E-state index is 11.3. The minimum Gasteiger partial charge on any atom is -0.368 e. The van der Waals surface area contributed by atoms with Crippen molar-refractivity contribution >= 4 is 33.6 Å². The molecular weight excluding hydrogens is 314 g/mol. The molecule has 18 heavy (non-hydrogen) atoms. The summed E-state index contributed by atoms with van der Waals surface area (Å²) in [6, 6.07) is 3.86. The summed E-state index contributed by atoms with van der Waals surface area (Å²) < 4.78 is 1.00. The van der Waals surface area contributed by atoms with Crippen LogP contribution in [0.5, 0.6) is 0 Å². The summed E-state index contributed by atoms with van der Waals surface area (Å²) in [5, 5.41) is 3.95. The Balaban J connectivity index is 2.39. The van der Waals surface area contributed by atoms with Gasteiger partial charge in [-0.25, -0.2) is 4.98 Å². The number of hydrogen-bond acceptors (Lipinski definition) is 4. The minimum atomic E-state index is -0.623. The molecule has 1 aromatic heterocycles. The Morgan fingerprint density at radius 1 is 1.67 bits per heavy atom. The van der Waals surface area contributed by atoms with Gasteiger partial charge in [-0.1, -0.05) is 0 Å². The maximum Gasteiger partial charge on any atom is 0.237 e. The van der Waals surface area contributed by atoms with Crippen LogP contribution >= 0.6 is 27.7 Å². The highest BCUT2D eigenvalue weighted by molar-refractivity contribution is 9.10. The van der Waals surface area contributed by atoms with Crippen LogP contribution in [0.4, 0.5) is 0 Å². The Morgan fingerprint density at radius 2 is 2.39 bits per heavy atom. The molecule has 100 valence electrons. The Morgan fingerprint density at radius 3 is 2.94 bits per heavy atom. The van der Waals surface area contributed by atoms with Gasteiger partial charge in [0.2, 0.25) is 5.91 Å². The molecule has 0 aliphatic carbocycles. The van der Waals surface area contributed by atoms with Crippen molar-refractivity contribution in [3.63, 3.8) is 0 Å². The van der Waals surface area contributed by atoms with E-state index in [0.717, 1.165) is 28.1 Å². The number of likely N-dealkylation sites (N-methyl/N-ethyl adjacent to an activating group) is 1. The number of hydrogen-bond donors (Lipinski definition) is 2. The highest BCUT2D eigenvalue weighted by Gasteiger charge is 2.27. The number of rotatable bonds is 7. The smallest absolute Gasteiger partial charge is 0.237 e. The summed E-state index contributed by atoms with van der Waals surface area (Å²) >= 11 is 5.13. The second-order valence-electron chi connectivity index (χ2n) is 4.19. The molecule has 1 rings (SSSR count). The average Bonchev–Trinajstić information content (AvgIpc) is 2.36. The van der Waals surface area contributed by atoms with Gasteiger partial charge >= 0.3 is 0 Å². The van der Waals surface area contributed by atoms with E-state index in [2.05, 4.69) is 26.2 Å². The van der Waals surface area contributed by atoms with Crippen molar-refractivity contribution in [1.29, 1.82) is 0 Å². The van der Waals surface area contributed by atoms with Gasteiger partial charge in [0.1, 0.15) is 5.03 Å². The number of aromatic nitrogens is 1. The lowest BCUT2D eigenvalue weighted by atomic mass is 9.96. The van der Waals surface area contributed by atoms with E-state index in [9.17, 15) is 4.79 Å².